The van der Waals surface area contributed by atoms with Gasteiger partial charge in [-0.25, -0.2) is 14.2 Å². The zero-order valence-corrected chi connectivity index (χ0v) is 22.6. The lowest BCUT2D eigenvalue weighted by Gasteiger charge is -2.19. The number of aliphatic carboxylic acids is 1. The molecule has 1 aromatic carbocycles. The molecule has 10 nitrogen and oxygen atoms in total. The summed E-state index contributed by atoms with van der Waals surface area (Å²) in [5.41, 5.74) is 3.30. The Balaban J connectivity index is 1.67. The first-order chi connectivity index (χ1) is 19.0. The number of hydrogen-bond donors (Lipinski definition) is 1. The van der Waals surface area contributed by atoms with E-state index < -0.39 is 23.8 Å². The minimum Gasteiger partial charge on any atom is -0.478 e. The van der Waals surface area contributed by atoms with Crippen LogP contribution in [0.1, 0.15) is 24.8 Å². The first-order valence-electron chi connectivity index (χ1n) is 12.7. The third-order valence-corrected chi connectivity index (χ3v) is 6.93. The van der Waals surface area contributed by atoms with Crippen molar-refractivity contribution >= 4 is 46.0 Å². The van der Waals surface area contributed by atoms with E-state index in [2.05, 4.69) is 0 Å². The van der Waals surface area contributed by atoms with E-state index in [4.69, 9.17) is 9.25 Å². The Morgan fingerprint density at radius 3 is 2.40 bits per heavy atom. The maximum Gasteiger partial charge on any atom is 0.360 e. The van der Waals surface area contributed by atoms with Crippen molar-refractivity contribution in [2.24, 2.45) is 0 Å². The van der Waals surface area contributed by atoms with Gasteiger partial charge >= 0.3 is 11.9 Å². The first-order valence-corrected chi connectivity index (χ1v) is 12.7. The number of nitrogens with zero attached hydrogens (tertiary/aromatic N) is 3. The maximum absolute atomic E-state index is 12.9. The van der Waals surface area contributed by atoms with E-state index in [0.29, 0.717) is 38.5 Å². The number of carboxylic acids is 1. The monoisotopic (exact) mass is 542 g/mol. The molecule has 2 heterocycles. The molecule has 0 atom stereocenters. The highest BCUT2D eigenvalue weighted by Crippen LogP contribution is 2.41. The van der Waals surface area contributed by atoms with E-state index in [-0.39, 0.29) is 30.4 Å². The van der Waals surface area contributed by atoms with Crippen LogP contribution in [-0.2, 0) is 24.0 Å². The lowest BCUT2D eigenvalue weighted by molar-refractivity contribution is -0.194. The average Bonchev–Trinajstić information content (AvgIpc) is 3.10. The number of hydrogen-bond acceptors (Lipinski definition) is 7. The Morgan fingerprint density at radius 1 is 1.02 bits per heavy atom. The Hall–Kier alpha value is -4.99. The summed E-state index contributed by atoms with van der Waals surface area (Å²) in [4.78, 5) is 56.2. The second kappa shape index (κ2) is 10.3. The summed E-state index contributed by atoms with van der Waals surface area (Å²) in [7, 11) is 7.67. The number of hydroxylamine groups is 2. The Labute approximate surface area is 229 Å². The van der Waals surface area contributed by atoms with Crippen molar-refractivity contribution in [3.8, 4) is 11.3 Å². The molecule has 0 bridgehead atoms. The summed E-state index contributed by atoms with van der Waals surface area (Å²) in [6.45, 7) is 0. The Morgan fingerprint density at radius 2 is 1.75 bits per heavy atom. The molecule has 2 aliphatic heterocycles. The second-order valence-electron chi connectivity index (χ2n) is 9.99. The van der Waals surface area contributed by atoms with Crippen LogP contribution in [-0.4, -0.2) is 62.1 Å². The van der Waals surface area contributed by atoms with Gasteiger partial charge in [0.2, 0.25) is 5.36 Å². The third kappa shape index (κ3) is 4.79. The molecule has 0 spiro atoms. The molecule has 1 fully saturated rings. The molecule has 0 aromatic heterocycles. The van der Waals surface area contributed by atoms with Crippen molar-refractivity contribution in [3.63, 3.8) is 0 Å². The predicted octanol–water partition coefficient (Wildman–Crippen LogP) is 2.97. The van der Waals surface area contributed by atoms with Gasteiger partial charge < -0.3 is 19.3 Å². The van der Waals surface area contributed by atoms with E-state index in [1.54, 1.807) is 6.08 Å². The predicted molar refractivity (Wildman–Crippen MR) is 148 cm³/mol. The molecule has 1 aromatic rings. The number of fused-ring (bicyclic) bond motifs is 2. The van der Waals surface area contributed by atoms with Gasteiger partial charge in [-0.15, -0.1) is 5.06 Å². The molecule has 0 radical (unpaired) electrons. The number of imide groups is 1. The van der Waals surface area contributed by atoms with E-state index >= 15 is 0 Å². The largest absolute Gasteiger partial charge is 0.478 e. The van der Waals surface area contributed by atoms with Gasteiger partial charge in [-0.2, -0.15) is 0 Å². The van der Waals surface area contributed by atoms with Crippen LogP contribution in [0.25, 0.3) is 27.9 Å². The summed E-state index contributed by atoms with van der Waals surface area (Å²) in [6.07, 6.45) is 4.31. The zero-order valence-electron chi connectivity index (χ0n) is 22.6. The molecule has 10 heteroatoms. The van der Waals surface area contributed by atoms with Gasteiger partial charge in [0.15, 0.2) is 0 Å². The average molecular weight is 543 g/mol. The highest BCUT2D eigenvalue weighted by Gasteiger charge is 2.34. The number of rotatable bonds is 5. The van der Waals surface area contributed by atoms with E-state index in [0.717, 1.165) is 11.0 Å². The summed E-state index contributed by atoms with van der Waals surface area (Å²) in [5, 5.41) is 12.3. The van der Waals surface area contributed by atoms with Gasteiger partial charge in [0.25, 0.3) is 11.8 Å². The fraction of sp³-hybridized carbons (Fsp3) is 0.233. The van der Waals surface area contributed by atoms with Crippen LogP contribution in [0, 0.1) is 0 Å². The molecule has 2 aliphatic carbocycles. The summed E-state index contributed by atoms with van der Waals surface area (Å²) in [6, 6.07) is 11.4. The minimum absolute atomic E-state index is 0.0122. The second-order valence-corrected chi connectivity index (χ2v) is 9.99. The number of carboxylic acid groups (broad SMARTS) is 1. The summed E-state index contributed by atoms with van der Waals surface area (Å²) >= 11 is 0. The molecule has 0 saturated carbocycles. The Bertz CT molecular complexity index is 1720. The van der Waals surface area contributed by atoms with Crippen LogP contribution in [0.15, 0.2) is 70.2 Å². The van der Waals surface area contributed by atoms with Crippen molar-refractivity contribution in [3.05, 3.63) is 76.7 Å². The molecule has 2 amide bonds. The SMILES string of the molecule is CN(C)c1ccc2c(C3=CCC(C(=O)ON4C(=O)CCC4=O)=CC=C3C(=O)O)c3ccc(=[N+](C)C)cc-3oc2c1. The normalized spacial score (nSPS) is 15.5. The van der Waals surface area contributed by atoms with Crippen LogP contribution in [0.2, 0.25) is 0 Å². The van der Waals surface area contributed by atoms with Gasteiger partial charge in [-0.3, -0.25) is 9.59 Å². The number of allylic oxidation sites excluding steroid dienone is 3. The molecular weight excluding hydrogens is 514 g/mol. The quantitative estimate of drug-likeness (QED) is 0.297. The van der Waals surface area contributed by atoms with E-state index in [1.165, 1.54) is 12.2 Å². The van der Waals surface area contributed by atoms with Gasteiger partial charge in [-0.05, 0) is 36.3 Å². The number of anilines is 1. The topological polar surface area (TPSA) is 120 Å². The van der Waals surface area contributed by atoms with Crippen molar-refractivity contribution in [2.75, 3.05) is 33.1 Å². The molecule has 4 aliphatic rings. The zero-order chi connectivity index (χ0) is 28.7. The van der Waals surface area contributed by atoms with E-state index in [1.807, 2.05) is 74.1 Å². The molecular formula is C30H28N3O7+. The van der Waals surface area contributed by atoms with Crippen LogP contribution in [0.5, 0.6) is 0 Å². The summed E-state index contributed by atoms with van der Waals surface area (Å²) in [5.74, 6) is -2.69. The number of benzene rings is 2. The smallest absolute Gasteiger partial charge is 0.360 e. The highest BCUT2D eigenvalue weighted by atomic mass is 16.7. The molecule has 40 heavy (non-hydrogen) atoms. The molecule has 204 valence electrons. The number of amides is 2. The van der Waals surface area contributed by atoms with Crippen LogP contribution in [0.4, 0.5) is 5.69 Å². The van der Waals surface area contributed by atoms with Gasteiger partial charge in [-0.1, -0.05) is 12.2 Å². The Kier molecular flexibility index (Phi) is 6.85. The maximum atomic E-state index is 12.9. The number of carbonyl (C=O) groups is 4. The fourth-order valence-electron chi connectivity index (χ4n) is 4.75. The lowest BCUT2D eigenvalue weighted by Crippen LogP contribution is -2.32. The molecule has 1 saturated heterocycles. The van der Waals surface area contributed by atoms with Crippen molar-refractivity contribution in [1.29, 1.82) is 0 Å². The van der Waals surface area contributed by atoms with Crippen LogP contribution in [0.3, 0.4) is 0 Å². The van der Waals surface area contributed by atoms with Crippen LogP contribution < -0.4 is 14.8 Å². The fourth-order valence-corrected chi connectivity index (χ4v) is 4.75. The van der Waals surface area contributed by atoms with Crippen molar-refractivity contribution < 1.29 is 33.5 Å². The standard InChI is InChI=1S/C30H27N3O7/c1-31(2)18-7-11-22-24(15-18)39-25-16-19(32(3)4)8-12-23(25)28(22)20-9-5-17(6-10-21(20)29(36)37)30(38)40-33-26(34)13-14-27(33)35/h6-12,15-16H,5,13-14H2,1-4H3/p+1. The van der Waals surface area contributed by atoms with Crippen LogP contribution >= 0.6 is 0 Å². The van der Waals surface area contributed by atoms with Crippen molar-refractivity contribution in [2.45, 2.75) is 19.3 Å². The summed E-state index contributed by atoms with van der Waals surface area (Å²) < 4.78 is 8.28. The first kappa shape index (κ1) is 26.6. The lowest BCUT2D eigenvalue weighted by atomic mass is 9.88. The van der Waals surface area contributed by atoms with Gasteiger partial charge in [0.05, 0.1) is 11.6 Å². The highest BCUT2D eigenvalue weighted by molar-refractivity contribution is 6.13. The van der Waals surface area contributed by atoms with E-state index in [9.17, 15) is 24.3 Å². The van der Waals surface area contributed by atoms with Gasteiger partial charge in [0.1, 0.15) is 25.4 Å². The minimum atomic E-state index is -1.18. The molecule has 5 rings (SSSR count). The van der Waals surface area contributed by atoms with Crippen molar-refractivity contribution in [1.82, 2.24) is 9.64 Å². The van der Waals surface area contributed by atoms with Gasteiger partial charge in [0, 0.05) is 66.8 Å². The molecule has 1 N–H and O–H groups in total. The molecule has 0 unspecified atom stereocenters. The number of carbonyl (C=O) groups excluding carboxylic acids is 3. The third-order valence-electron chi connectivity index (χ3n) is 6.93.